The SMILES string of the molecule is CCCNCC1CCCN1c1ccnc2cc(Br)cnc12. The fourth-order valence-electron chi connectivity index (χ4n) is 3.03. The van der Waals surface area contributed by atoms with E-state index in [9.17, 15) is 0 Å². The van der Waals surface area contributed by atoms with Crippen molar-refractivity contribution in [2.24, 2.45) is 0 Å². The molecule has 0 aliphatic carbocycles. The van der Waals surface area contributed by atoms with E-state index in [0.717, 1.165) is 35.1 Å². The number of hydrogen-bond acceptors (Lipinski definition) is 4. The van der Waals surface area contributed by atoms with Gasteiger partial charge in [-0.3, -0.25) is 9.97 Å². The van der Waals surface area contributed by atoms with Crippen LogP contribution in [0.25, 0.3) is 11.0 Å². The Morgan fingerprint density at radius 2 is 2.33 bits per heavy atom. The van der Waals surface area contributed by atoms with Crippen molar-refractivity contribution in [1.82, 2.24) is 15.3 Å². The monoisotopic (exact) mass is 348 g/mol. The molecular weight excluding hydrogens is 328 g/mol. The lowest BCUT2D eigenvalue weighted by atomic mass is 10.2. The zero-order valence-corrected chi connectivity index (χ0v) is 13.9. The molecule has 0 spiro atoms. The van der Waals surface area contributed by atoms with E-state index in [1.807, 2.05) is 18.5 Å². The number of fused-ring (bicyclic) bond motifs is 1. The number of rotatable bonds is 5. The first kappa shape index (κ1) is 14.7. The molecule has 1 fully saturated rings. The van der Waals surface area contributed by atoms with Gasteiger partial charge in [-0.2, -0.15) is 0 Å². The van der Waals surface area contributed by atoms with Crippen molar-refractivity contribution in [3.63, 3.8) is 0 Å². The van der Waals surface area contributed by atoms with Gasteiger partial charge in [0.15, 0.2) is 0 Å². The fraction of sp³-hybridized carbons (Fsp3) is 0.500. The van der Waals surface area contributed by atoms with E-state index in [2.05, 4.69) is 49.1 Å². The van der Waals surface area contributed by atoms with Crippen LogP contribution in [0.15, 0.2) is 29.0 Å². The minimum absolute atomic E-state index is 0.563. The molecule has 1 atom stereocenters. The van der Waals surface area contributed by atoms with Crippen molar-refractivity contribution in [1.29, 1.82) is 0 Å². The van der Waals surface area contributed by atoms with E-state index < -0.39 is 0 Å². The molecule has 3 rings (SSSR count). The molecular formula is C16H21BrN4. The van der Waals surface area contributed by atoms with Crippen molar-refractivity contribution < 1.29 is 0 Å². The highest BCUT2D eigenvalue weighted by Gasteiger charge is 2.26. The third-order valence-electron chi connectivity index (χ3n) is 4.02. The van der Waals surface area contributed by atoms with Gasteiger partial charge < -0.3 is 10.2 Å². The number of halogens is 1. The van der Waals surface area contributed by atoms with E-state index in [0.29, 0.717) is 6.04 Å². The summed E-state index contributed by atoms with van der Waals surface area (Å²) in [6.07, 6.45) is 7.42. The second-order valence-electron chi connectivity index (χ2n) is 5.54. The molecule has 0 radical (unpaired) electrons. The summed E-state index contributed by atoms with van der Waals surface area (Å²) in [7, 11) is 0. The Labute approximate surface area is 134 Å². The Bertz CT molecular complexity index is 616. The number of nitrogens with zero attached hydrogens (tertiary/aromatic N) is 3. The molecule has 1 aliphatic heterocycles. The van der Waals surface area contributed by atoms with Crippen molar-refractivity contribution in [2.45, 2.75) is 32.2 Å². The molecule has 2 aromatic heterocycles. The zero-order chi connectivity index (χ0) is 14.7. The number of hydrogen-bond donors (Lipinski definition) is 1. The van der Waals surface area contributed by atoms with Crippen LogP contribution in [0, 0.1) is 0 Å². The Hall–Kier alpha value is -1.20. The average molecular weight is 349 g/mol. The maximum absolute atomic E-state index is 4.58. The molecule has 0 amide bonds. The van der Waals surface area contributed by atoms with Crippen LogP contribution < -0.4 is 10.2 Å². The van der Waals surface area contributed by atoms with Crippen molar-refractivity contribution in [3.05, 3.63) is 29.0 Å². The molecule has 0 bridgehead atoms. The first-order valence-electron chi connectivity index (χ1n) is 7.67. The predicted molar refractivity (Wildman–Crippen MR) is 90.8 cm³/mol. The summed E-state index contributed by atoms with van der Waals surface area (Å²) in [4.78, 5) is 11.5. The van der Waals surface area contributed by atoms with Gasteiger partial charge in [-0.1, -0.05) is 6.92 Å². The van der Waals surface area contributed by atoms with Gasteiger partial charge in [0.05, 0.1) is 11.2 Å². The highest BCUT2D eigenvalue weighted by atomic mass is 79.9. The molecule has 112 valence electrons. The molecule has 0 aromatic carbocycles. The van der Waals surface area contributed by atoms with Crippen molar-refractivity contribution >= 4 is 32.7 Å². The smallest absolute Gasteiger partial charge is 0.112 e. The van der Waals surface area contributed by atoms with Crippen LogP contribution in [0.3, 0.4) is 0 Å². The number of pyridine rings is 2. The van der Waals surface area contributed by atoms with E-state index >= 15 is 0 Å². The molecule has 21 heavy (non-hydrogen) atoms. The predicted octanol–water partition coefficient (Wildman–Crippen LogP) is 3.36. The number of aromatic nitrogens is 2. The van der Waals surface area contributed by atoms with Crippen LogP contribution in [-0.2, 0) is 0 Å². The molecule has 5 heteroatoms. The van der Waals surface area contributed by atoms with Gasteiger partial charge in [0.1, 0.15) is 5.52 Å². The first-order chi connectivity index (χ1) is 10.3. The summed E-state index contributed by atoms with van der Waals surface area (Å²) < 4.78 is 0.974. The lowest BCUT2D eigenvalue weighted by molar-refractivity contribution is 0.571. The zero-order valence-electron chi connectivity index (χ0n) is 12.3. The van der Waals surface area contributed by atoms with Crippen LogP contribution in [0.5, 0.6) is 0 Å². The third-order valence-corrected chi connectivity index (χ3v) is 4.45. The first-order valence-corrected chi connectivity index (χ1v) is 8.46. The van der Waals surface area contributed by atoms with Gasteiger partial charge in [0.2, 0.25) is 0 Å². The Morgan fingerprint density at radius 1 is 1.43 bits per heavy atom. The molecule has 1 saturated heterocycles. The lowest BCUT2D eigenvalue weighted by Gasteiger charge is -2.27. The minimum atomic E-state index is 0.563. The Morgan fingerprint density at radius 3 is 3.19 bits per heavy atom. The lowest BCUT2D eigenvalue weighted by Crippen LogP contribution is -2.38. The van der Waals surface area contributed by atoms with Gasteiger partial charge in [-0.15, -0.1) is 0 Å². The summed E-state index contributed by atoms with van der Waals surface area (Å²) in [6, 6.07) is 4.70. The van der Waals surface area contributed by atoms with Gasteiger partial charge in [-0.25, -0.2) is 0 Å². The number of anilines is 1. The molecule has 1 N–H and O–H groups in total. The average Bonchev–Trinajstić information content (AvgIpc) is 2.95. The molecule has 0 saturated carbocycles. The molecule has 4 nitrogen and oxygen atoms in total. The molecule has 1 aliphatic rings. The summed E-state index contributed by atoms with van der Waals surface area (Å²) in [6.45, 7) is 5.45. The van der Waals surface area contributed by atoms with Gasteiger partial charge in [-0.05, 0) is 53.9 Å². The van der Waals surface area contributed by atoms with Crippen LogP contribution in [0.1, 0.15) is 26.2 Å². The maximum Gasteiger partial charge on any atom is 0.112 e. The normalized spacial score (nSPS) is 18.6. The minimum Gasteiger partial charge on any atom is -0.365 e. The summed E-state index contributed by atoms with van der Waals surface area (Å²) in [5.41, 5.74) is 3.17. The van der Waals surface area contributed by atoms with Gasteiger partial charge in [0, 0.05) is 36.0 Å². The second kappa shape index (κ2) is 6.71. The van der Waals surface area contributed by atoms with Crippen LogP contribution >= 0.6 is 15.9 Å². The van der Waals surface area contributed by atoms with Crippen LogP contribution in [0.2, 0.25) is 0 Å². The van der Waals surface area contributed by atoms with E-state index in [1.54, 1.807) is 0 Å². The number of nitrogens with one attached hydrogen (secondary N) is 1. The van der Waals surface area contributed by atoms with Crippen LogP contribution in [-0.4, -0.2) is 35.6 Å². The molecule has 2 aromatic rings. The maximum atomic E-state index is 4.58. The fourth-order valence-corrected chi connectivity index (χ4v) is 3.35. The van der Waals surface area contributed by atoms with Crippen molar-refractivity contribution in [2.75, 3.05) is 24.5 Å². The third kappa shape index (κ3) is 3.19. The van der Waals surface area contributed by atoms with E-state index in [4.69, 9.17) is 0 Å². The summed E-state index contributed by atoms with van der Waals surface area (Å²) in [5.74, 6) is 0. The van der Waals surface area contributed by atoms with E-state index in [1.165, 1.54) is 24.9 Å². The Kier molecular flexibility index (Phi) is 4.70. The second-order valence-corrected chi connectivity index (χ2v) is 6.46. The highest BCUT2D eigenvalue weighted by molar-refractivity contribution is 9.10. The summed E-state index contributed by atoms with van der Waals surface area (Å²) >= 11 is 3.47. The van der Waals surface area contributed by atoms with Gasteiger partial charge in [0.25, 0.3) is 0 Å². The standard InChI is InChI=1S/C16H21BrN4/c1-2-6-18-11-13-4-3-8-21(13)15-5-7-19-14-9-12(17)10-20-16(14)15/h5,7,9-10,13,18H,2-4,6,8,11H2,1H3. The topological polar surface area (TPSA) is 41.0 Å². The van der Waals surface area contributed by atoms with Crippen LogP contribution in [0.4, 0.5) is 5.69 Å². The van der Waals surface area contributed by atoms with Crippen molar-refractivity contribution in [3.8, 4) is 0 Å². The highest BCUT2D eigenvalue weighted by Crippen LogP contribution is 2.30. The Balaban J connectivity index is 1.88. The van der Waals surface area contributed by atoms with Gasteiger partial charge >= 0.3 is 0 Å². The molecule has 3 heterocycles. The largest absolute Gasteiger partial charge is 0.365 e. The summed E-state index contributed by atoms with van der Waals surface area (Å²) in [5, 5.41) is 3.55. The van der Waals surface area contributed by atoms with E-state index in [-0.39, 0.29) is 0 Å². The molecule has 1 unspecified atom stereocenters. The quantitative estimate of drug-likeness (QED) is 0.841.